The van der Waals surface area contributed by atoms with E-state index >= 15 is 0 Å². The molecule has 1 aliphatic rings. The van der Waals surface area contributed by atoms with Crippen LogP contribution in [0.25, 0.3) is 88.0 Å². The molecule has 0 unspecified atom stereocenters. The van der Waals surface area contributed by atoms with Gasteiger partial charge in [-0.3, -0.25) is 0 Å². The topological polar surface area (TPSA) is 29.5 Å². The van der Waals surface area contributed by atoms with Crippen molar-refractivity contribution >= 4 is 71.7 Å². The first-order chi connectivity index (χ1) is 33.7. The molecule has 3 nitrogen and oxygen atoms in total. The zero-order valence-electron chi connectivity index (χ0n) is 36.9. The molecule has 0 fully saturated rings. The maximum absolute atomic E-state index is 6.70. The van der Waals surface area contributed by atoms with Gasteiger partial charge < -0.3 is 13.7 Å². The second-order valence-electron chi connectivity index (χ2n) is 17.9. The molecule has 0 N–H and O–H groups in total. The number of fused-ring (bicyclic) bond motifs is 11. The lowest BCUT2D eigenvalue weighted by atomic mass is 9.68. The van der Waals surface area contributed by atoms with Crippen molar-refractivity contribution in [3.05, 3.63) is 271 Å². The quantitative estimate of drug-likeness (QED) is 0.160. The van der Waals surface area contributed by atoms with Gasteiger partial charge in [-0.05, 0) is 110 Å². The molecule has 0 aliphatic heterocycles. The summed E-state index contributed by atoms with van der Waals surface area (Å²) in [4.78, 5) is 2.46. The summed E-state index contributed by atoms with van der Waals surface area (Å²) in [6, 6.07) is 90.1. The Kier molecular flexibility index (Phi) is 8.50. The minimum Gasteiger partial charge on any atom is -0.456 e. The highest BCUT2D eigenvalue weighted by Gasteiger charge is 2.47. The van der Waals surface area contributed by atoms with E-state index in [1.54, 1.807) is 0 Å². The van der Waals surface area contributed by atoms with Crippen LogP contribution < -0.4 is 4.90 Å². The SMILES string of the molecule is c1ccc(C2(c3ccccc3)c3ccccc3-c3c(N(c4ccc(-c5cccc6oc7ccccc7c56)cc4)c4cccc(-c5cccc6oc7c8ccccc8ccc7c56)c4)cccc32)cc1. The summed E-state index contributed by atoms with van der Waals surface area (Å²) in [5.74, 6) is 0. The highest BCUT2D eigenvalue weighted by molar-refractivity contribution is 6.19. The highest BCUT2D eigenvalue weighted by atomic mass is 16.3. The Morgan fingerprint density at radius 1 is 0.338 bits per heavy atom. The van der Waals surface area contributed by atoms with E-state index in [4.69, 9.17) is 8.83 Å². The van der Waals surface area contributed by atoms with Gasteiger partial charge in [0.15, 0.2) is 0 Å². The lowest BCUT2D eigenvalue weighted by Crippen LogP contribution is -2.28. The number of nitrogens with zero attached hydrogens (tertiary/aromatic N) is 1. The third kappa shape index (κ3) is 5.60. The summed E-state index contributed by atoms with van der Waals surface area (Å²) in [5.41, 5.74) is 18.2. The molecule has 0 amide bonds. The lowest BCUT2D eigenvalue weighted by Gasteiger charge is -2.34. The molecule has 0 atom stereocenters. The smallest absolute Gasteiger partial charge is 0.143 e. The number of hydrogen-bond donors (Lipinski definition) is 0. The number of furan rings is 2. The molecule has 0 radical (unpaired) electrons. The summed E-state index contributed by atoms with van der Waals surface area (Å²) < 4.78 is 13.0. The fourth-order valence-corrected chi connectivity index (χ4v) is 11.5. The van der Waals surface area contributed by atoms with E-state index in [2.05, 4.69) is 241 Å². The van der Waals surface area contributed by atoms with Crippen molar-refractivity contribution in [2.24, 2.45) is 0 Å². The number of rotatable bonds is 7. The van der Waals surface area contributed by atoms with Crippen LogP contribution in [0.3, 0.4) is 0 Å². The monoisotopic (exact) mass is 867 g/mol. The van der Waals surface area contributed by atoms with Gasteiger partial charge in [-0.2, -0.15) is 0 Å². The summed E-state index contributed by atoms with van der Waals surface area (Å²) in [5, 5.41) is 6.76. The van der Waals surface area contributed by atoms with Crippen LogP contribution in [0, 0.1) is 0 Å². The maximum Gasteiger partial charge on any atom is 0.143 e. The lowest BCUT2D eigenvalue weighted by molar-refractivity contribution is 0.669. The molecule has 3 heteroatoms. The Morgan fingerprint density at radius 3 is 1.72 bits per heavy atom. The molecular formula is C65H41NO2. The van der Waals surface area contributed by atoms with Gasteiger partial charge >= 0.3 is 0 Å². The van der Waals surface area contributed by atoms with Crippen molar-refractivity contribution in [2.45, 2.75) is 5.41 Å². The first kappa shape index (κ1) is 38.4. The van der Waals surface area contributed by atoms with Gasteiger partial charge in [0.25, 0.3) is 0 Å². The third-order valence-corrected chi connectivity index (χ3v) is 14.3. The van der Waals surface area contributed by atoms with Crippen LogP contribution in [0.4, 0.5) is 17.1 Å². The zero-order valence-corrected chi connectivity index (χ0v) is 36.9. The van der Waals surface area contributed by atoms with Gasteiger partial charge in [-0.25, -0.2) is 0 Å². The Hall–Kier alpha value is -8.92. The van der Waals surface area contributed by atoms with Crippen molar-refractivity contribution in [1.29, 1.82) is 0 Å². The van der Waals surface area contributed by atoms with E-state index in [1.807, 2.05) is 12.1 Å². The van der Waals surface area contributed by atoms with E-state index in [9.17, 15) is 0 Å². The number of para-hydroxylation sites is 1. The van der Waals surface area contributed by atoms with Crippen molar-refractivity contribution < 1.29 is 8.83 Å². The second-order valence-corrected chi connectivity index (χ2v) is 17.9. The molecule has 2 aromatic heterocycles. The predicted octanol–water partition coefficient (Wildman–Crippen LogP) is 17.8. The van der Waals surface area contributed by atoms with Gasteiger partial charge in [-0.15, -0.1) is 0 Å². The normalized spacial score (nSPS) is 12.8. The third-order valence-electron chi connectivity index (χ3n) is 14.3. The van der Waals surface area contributed by atoms with E-state index in [-0.39, 0.29) is 0 Å². The van der Waals surface area contributed by atoms with Crippen molar-refractivity contribution in [1.82, 2.24) is 0 Å². The average molecular weight is 868 g/mol. The molecule has 11 aromatic carbocycles. The number of anilines is 3. The van der Waals surface area contributed by atoms with E-state index in [0.717, 1.165) is 88.6 Å². The molecule has 0 bridgehead atoms. The standard InChI is InChI=1S/C65H41NO2/c1-3-19-45(20-4-1)65(46-21-5-2-6-22-46)55-29-11-9-25-52(55)63-56(65)30-16-31-57(63)66(47-38-35-43(36-39-47)49-27-14-33-59-61(49)53-26-10-12-32-58(53)67-59)48-23-13-18-44(41-48)50-28-15-34-60-62(50)54-40-37-42-17-7-8-24-51(42)64(54)68-60/h1-41H. The fourth-order valence-electron chi connectivity index (χ4n) is 11.5. The average Bonchev–Trinajstić information content (AvgIpc) is 4.09. The maximum atomic E-state index is 6.70. The van der Waals surface area contributed by atoms with Crippen molar-refractivity contribution in [2.75, 3.05) is 4.90 Å². The van der Waals surface area contributed by atoms with Crippen LogP contribution in [0.1, 0.15) is 22.3 Å². The zero-order chi connectivity index (χ0) is 44.8. The molecule has 0 saturated carbocycles. The Balaban J connectivity index is 1.01. The van der Waals surface area contributed by atoms with E-state index in [1.165, 1.54) is 38.8 Å². The van der Waals surface area contributed by atoms with Gasteiger partial charge in [-0.1, -0.05) is 194 Å². The summed E-state index contributed by atoms with van der Waals surface area (Å²) in [7, 11) is 0. The molecule has 68 heavy (non-hydrogen) atoms. The molecular weight excluding hydrogens is 827 g/mol. The number of hydrogen-bond acceptors (Lipinski definition) is 3. The molecule has 14 rings (SSSR count). The van der Waals surface area contributed by atoms with Gasteiger partial charge in [0.05, 0.1) is 11.1 Å². The van der Waals surface area contributed by atoms with Gasteiger partial charge in [0.1, 0.15) is 22.3 Å². The molecule has 1 aliphatic carbocycles. The first-order valence-corrected chi connectivity index (χ1v) is 23.3. The number of benzene rings is 11. The Labute approximate surface area is 393 Å². The fraction of sp³-hybridized carbons (Fsp3) is 0.0154. The van der Waals surface area contributed by atoms with Gasteiger partial charge in [0.2, 0.25) is 0 Å². The van der Waals surface area contributed by atoms with Gasteiger partial charge in [0, 0.05) is 43.9 Å². The largest absolute Gasteiger partial charge is 0.456 e. The molecule has 13 aromatic rings. The second kappa shape index (κ2) is 15.1. The summed E-state index contributed by atoms with van der Waals surface area (Å²) in [6.07, 6.45) is 0. The van der Waals surface area contributed by atoms with Crippen molar-refractivity contribution in [3.63, 3.8) is 0 Å². The van der Waals surface area contributed by atoms with Crippen LogP contribution in [0.15, 0.2) is 258 Å². The van der Waals surface area contributed by atoms with Crippen LogP contribution in [0.2, 0.25) is 0 Å². The molecule has 318 valence electrons. The van der Waals surface area contributed by atoms with Crippen LogP contribution in [0.5, 0.6) is 0 Å². The van der Waals surface area contributed by atoms with Crippen LogP contribution in [-0.4, -0.2) is 0 Å². The molecule has 2 heterocycles. The van der Waals surface area contributed by atoms with E-state index < -0.39 is 5.41 Å². The summed E-state index contributed by atoms with van der Waals surface area (Å²) >= 11 is 0. The summed E-state index contributed by atoms with van der Waals surface area (Å²) in [6.45, 7) is 0. The molecule has 0 saturated heterocycles. The Morgan fingerprint density at radius 2 is 0.926 bits per heavy atom. The minimum atomic E-state index is -0.546. The molecule has 0 spiro atoms. The van der Waals surface area contributed by atoms with E-state index in [0.29, 0.717) is 0 Å². The highest BCUT2D eigenvalue weighted by Crippen LogP contribution is 2.59. The van der Waals surface area contributed by atoms with Crippen LogP contribution in [-0.2, 0) is 5.41 Å². The van der Waals surface area contributed by atoms with Crippen molar-refractivity contribution in [3.8, 4) is 33.4 Å². The predicted molar refractivity (Wildman–Crippen MR) is 281 cm³/mol. The Bertz CT molecular complexity index is 4050. The first-order valence-electron chi connectivity index (χ1n) is 23.3. The van der Waals surface area contributed by atoms with Crippen LogP contribution >= 0.6 is 0 Å². The minimum absolute atomic E-state index is 0.546.